The maximum atomic E-state index is 13.5. The Morgan fingerprint density at radius 2 is 1.81 bits per heavy atom. The maximum absolute atomic E-state index is 13.5. The number of nitrogens with zero attached hydrogens (tertiary/aromatic N) is 2. The Kier molecular flexibility index (Phi) is 12.0. The summed E-state index contributed by atoms with van der Waals surface area (Å²) in [6.07, 6.45) is 12.2. The fourth-order valence-corrected chi connectivity index (χ4v) is 6.48. The topological polar surface area (TPSA) is 77.4 Å². The first kappa shape index (κ1) is 34.1. The molecule has 9 heteroatoms. The molecule has 1 fully saturated rings. The largest absolute Gasteiger partial charge is 0.459 e. The van der Waals surface area contributed by atoms with Crippen LogP contribution in [0.15, 0.2) is 35.5 Å². The van der Waals surface area contributed by atoms with E-state index in [1.165, 1.54) is 0 Å². The molecular weight excluding hydrogens is 568 g/mol. The van der Waals surface area contributed by atoms with E-state index >= 15 is 0 Å². The molecule has 0 spiro atoms. The van der Waals surface area contributed by atoms with Crippen LogP contribution in [-0.2, 0) is 25.2 Å². The van der Waals surface area contributed by atoms with Crippen LogP contribution in [-0.4, -0.2) is 62.7 Å². The van der Waals surface area contributed by atoms with E-state index in [2.05, 4.69) is 45.1 Å². The first-order valence-electron chi connectivity index (χ1n) is 15.2. The molecule has 1 aromatic rings. The maximum Gasteiger partial charge on any atom is 0.339 e. The summed E-state index contributed by atoms with van der Waals surface area (Å²) in [5.74, 6) is -0.486. The van der Waals surface area contributed by atoms with Gasteiger partial charge in [-0.1, -0.05) is 61.8 Å². The number of hydrogen-bond acceptors (Lipinski definition) is 6. The van der Waals surface area contributed by atoms with Crippen LogP contribution in [0.3, 0.4) is 0 Å². The van der Waals surface area contributed by atoms with Crippen molar-refractivity contribution in [3.63, 3.8) is 0 Å². The number of aryl methyl sites for hydroxylation is 2. The Morgan fingerprint density at radius 3 is 2.48 bits per heavy atom. The second kappa shape index (κ2) is 14.8. The van der Waals surface area contributed by atoms with Crippen LogP contribution in [0.1, 0.15) is 86.8 Å². The number of halogens is 1. The molecule has 0 radical (unpaired) electrons. The molecule has 3 rings (SSSR count). The Balaban J connectivity index is 1.97. The standard InChI is InChI=1S/C33H49ClN2O5Si/c1-23-20-24(2)31(34)28-21-26(35-39-22-29(37)36-18-10-9-11-19-36)15-13-17-27(41-42(7,8)33(4,5)6)16-12-14-25(3)40-32(38)30(23)28/h12-13,15-16,20,25,27H,9-11,14,17-19,21-22H2,1-8H3/b15-13+,16-12+,35-26?/t25-,27-/m1/s1. The molecule has 1 saturated heterocycles. The van der Waals surface area contributed by atoms with Crippen LogP contribution in [0.5, 0.6) is 0 Å². The van der Waals surface area contributed by atoms with E-state index in [-0.39, 0.29) is 36.2 Å². The molecule has 1 amide bonds. The van der Waals surface area contributed by atoms with E-state index in [1.54, 1.807) is 0 Å². The van der Waals surface area contributed by atoms with Crippen LogP contribution in [0.2, 0.25) is 23.2 Å². The molecule has 42 heavy (non-hydrogen) atoms. The Hall–Kier alpha value is -2.42. The molecule has 0 N–H and O–H groups in total. The van der Waals surface area contributed by atoms with Crippen molar-refractivity contribution in [2.75, 3.05) is 19.7 Å². The van der Waals surface area contributed by atoms with Gasteiger partial charge in [-0.15, -0.1) is 0 Å². The smallest absolute Gasteiger partial charge is 0.339 e. The Bertz CT molecular complexity index is 1210. The second-order valence-electron chi connectivity index (χ2n) is 13.1. The average molecular weight is 617 g/mol. The molecule has 1 aromatic carbocycles. The Labute approximate surface area is 258 Å². The highest BCUT2D eigenvalue weighted by atomic mass is 35.5. The van der Waals surface area contributed by atoms with Gasteiger partial charge in [0.15, 0.2) is 14.9 Å². The zero-order chi connectivity index (χ0) is 31.1. The second-order valence-corrected chi connectivity index (χ2v) is 18.2. The third-order valence-corrected chi connectivity index (χ3v) is 13.5. The van der Waals surface area contributed by atoms with Crippen LogP contribution >= 0.6 is 11.6 Å². The molecule has 0 unspecified atom stereocenters. The molecule has 7 nitrogen and oxygen atoms in total. The van der Waals surface area contributed by atoms with E-state index < -0.39 is 14.3 Å². The summed E-state index contributed by atoms with van der Waals surface area (Å²) >= 11 is 6.81. The lowest BCUT2D eigenvalue weighted by atomic mass is 9.94. The number of hydrogen-bond donors (Lipinski definition) is 0. The zero-order valence-electron chi connectivity index (χ0n) is 26.7. The molecule has 2 atom stereocenters. The van der Waals surface area contributed by atoms with Crippen LogP contribution in [0, 0.1) is 13.8 Å². The minimum Gasteiger partial charge on any atom is -0.459 e. The number of allylic oxidation sites excluding steroid dienone is 1. The minimum absolute atomic E-state index is 0.0595. The number of amides is 1. The van der Waals surface area contributed by atoms with Crippen LogP contribution in [0.4, 0.5) is 0 Å². The lowest BCUT2D eigenvalue weighted by Crippen LogP contribution is -2.43. The van der Waals surface area contributed by atoms with Crippen LogP contribution in [0.25, 0.3) is 0 Å². The van der Waals surface area contributed by atoms with E-state index in [0.717, 1.165) is 43.5 Å². The quantitative estimate of drug-likeness (QED) is 0.146. The van der Waals surface area contributed by atoms with E-state index in [0.29, 0.717) is 34.7 Å². The number of esters is 1. The van der Waals surface area contributed by atoms with Gasteiger partial charge < -0.3 is 18.9 Å². The molecule has 2 heterocycles. The average Bonchev–Trinajstić information content (AvgIpc) is 2.90. The van der Waals surface area contributed by atoms with Crippen molar-refractivity contribution < 1.29 is 23.6 Å². The van der Waals surface area contributed by atoms with Crippen molar-refractivity contribution in [3.8, 4) is 0 Å². The Morgan fingerprint density at radius 1 is 1.12 bits per heavy atom. The van der Waals surface area contributed by atoms with Gasteiger partial charge >= 0.3 is 5.97 Å². The van der Waals surface area contributed by atoms with Crippen molar-refractivity contribution in [1.82, 2.24) is 4.90 Å². The van der Waals surface area contributed by atoms with Gasteiger partial charge in [0, 0.05) is 31.0 Å². The number of cyclic esters (lactones) is 1. The monoisotopic (exact) mass is 616 g/mol. The normalized spacial score (nSPS) is 23.5. The lowest BCUT2D eigenvalue weighted by molar-refractivity contribution is -0.137. The van der Waals surface area contributed by atoms with Gasteiger partial charge in [-0.25, -0.2) is 4.79 Å². The minimum atomic E-state index is -2.05. The highest BCUT2D eigenvalue weighted by Gasteiger charge is 2.38. The molecular formula is C33H49ClN2O5Si. The molecule has 2 aliphatic rings. The third kappa shape index (κ3) is 9.29. The number of benzene rings is 1. The number of carbonyl (C=O) groups is 2. The van der Waals surface area contributed by atoms with Gasteiger partial charge in [0.05, 0.1) is 17.4 Å². The number of carbonyl (C=O) groups excluding carboxylic acids is 2. The molecule has 2 aliphatic heterocycles. The predicted molar refractivity (Wildman–Crippen MR) is 173 cm³/mol. The molecule has 0 bridgehead atoms. The van der Waals surface area contributed by atoms with E-state index in [9.17, 15) is 9.59 Å². The van der Waals surface area contributed by atoms with E-state index in [4.69, 9.17) is 25.6 Å². The zero-order valence-corrected chi connectivity index (χ0v) is 28.5. The van der Waals surface area contributed by atoms with Crippen molar-refractivity contribution in [2.24, 2.45) is 5.16 Å². The first-order chi connectivity index (χ1) is 19.7. The van der Waals surface area contributed by atoms with Crippen molar-refractivity contribution in [2.45, 2.75) is 110 Å². The first-order valence-corrected chi connectivity index (χ1v) is 18.5. The predicted octanol–water partition coefficient (Wildman–Crippen LogP) is 7.73. The summed E-state index contributed by atoms with van der Waals surface area (Å²) < 4.78 is 12.6. The molecule has 232 valence electrons. The molecule has 0 aromatic heterocycles. The molecule has 0 saturated carbocycles. The number of likely N-dealkylation sites (tertiary alicyclic amines) is 1. The number of piperidine rings is 1. The van der Waals surface area contributed by atoms with Gasteiger partial charge in [-0.05, 0) is 87.4 Å². The summed E-state index contributed by atoms with van der Waals surface area (Å²) in [4.78, 5) is 33.6. The van der Waals surface area contributed by atoms with Gasteiger partial charge in [-0.2, -0.15) is 0 Å². The summed E-state index contributed by atoms with van der Waals surface area (Å²) in [5.41, 5.74) is 3.30. The van der Waals surface area contributed by atoms with Gasteiger partial charge in [0.2, 0.25) is 0 Å². The van der Waals surface area contributed by atoms with Gasteiger partial charge in [0.25, 0.3) is 5.91 Å². The van der Waals surface area contributed by atoms with Crippen molar-refractivity contribution in [3.05, 3.63) is 57.6 Å². The highest BCUT2D eigenvalue weighted by molar-refractivity contribution is 6.74. The molecule has 0 aliphatic carbocycles. The highest BCUT2D eigenvalue weighted by Crippen LogP contribution is 2.38. The number of oxime groups is 1. The number of fused-ring (bicyclic) bond motifs is 1. The SMILES string of the molecule is Cc1cc(C)c2c(c1Cl)CC(=NOCC(=O)N1CCCCC1)/C=C/C[C@H](O[Si](C)(C)C(C)(C)C)/C=C/C[C@@H](C)OC2=O. The third-order valence-electron chi connectivity index (χ3n) is 8.44. The lowest BCUT2D eigenvalue weighted by Gasteiger charge is -2.38. The number of ether oxygens (including phenoxy) is 1. The number of rotatable bonds is 5. The van der Waals surface area contributed by atoms with Gasteiger partial charge in [-0.3, -0.25) is 4.79 Å². The summed E-state index contributed by atoms with van der Waals surface area (Å²) in [7, 11) is -2.05. The van der Waals surface area contributed by atoms with Crippen molar-refractivity contribution >= 4 is 37.5 Å². The fraction of sp³-hybridized carbons (Fsp3) is 0.606. The van der Waals surface area contributed by atoms with Gasteiger partial charge in [0.1, 0.15) is 6.10 Å². The van der Waals surface area contributed by atoms with Crippen LogP contribution < -0.4 is 0 Å². The summed E-state index contributed by atoms with van der Waals surface area (Å²) in [6, 6.07) is 1.90. The summed E-state index contributed by atoms with van der Waals surface area (Å²) in [6.45, 7) is 18.2. The summed E-state index contributed by atoms with van der Waals surface area (Å²) in [5, 5.41) is 4.94. The fourth-order valence-electron chi connectivity index (χ4n) is 4.98. The van der Waals surface area contributed by atoms with Crippen molar-refractivity contribution in [1.29, 1.82) is 0 Å². The van der Waals surface area contributed by atoms with E-state index in [1.807, 2.05) is 50.0 Å².